The number of anilines is 2. The average Bonchev–Trinajstić information content (AvgIpc) is 2.63. The van der Waals surface area contributed by atoms with Gasteiger partial charge in [-0.1, -0.05) is 36.4 Å². The van der Waals surface area contributed by atoms with Crippen molar-refractivity contribution in [3.8, 4) is 0 Å². The zero-order chi connectivity index (χ0) is 17.3. The van der Waals surface area contributed by atoms with Crippen LogP contribution in [0.2, 0.25) is 0 Å². The summed E-state index contributed by atoms with van der Waals surface area (Å²) in [4.78, 5) is 4.52. The maximum atomic E-state index is 4.52. The Morgan fingerprint density at radius 1 is 0.690 bits per heavy atom. The molecule has 0 aliphatic heterocycles. The van der Waals surface area contributed by atoms with Crippen molar-refractivity contribution in [2.75, 3.05) is 10.9 Å². The van der Waals surface area contributed by atoms with Gasteiger partial charge >= 0.3 is 0 Å². The Morgan fingerprint density at radius 2 is 1.07 bits per heavy atom. The van der Waals surface area contributed by atoms with Crippen molar-refractivity contribution in [2.24, 2.45) is 10.2 Å². The van der Waals surface area contributed by atoms with Crippen molar-refractivity contribution in [3.63, 3.8) is 0 Å². The van der Waals surface area contributed by atoms with Crippen LogP contribution in [0.15, 0.2) is 83.0 Å². The number of rotatable bonds is 6. The number of hydrazone groups is 2. The second-order valence-electron chi connectivity index (χ2n) is 5.47. The Morgan fingerprint density at radius 3 is 1.45 bits per heavy atom. The van der Waals surface area contributed by atoms with Gasteiger partial charge in [-0.25, -0.2) is 4.98 Å². The standard InChI is InChI=1S/C20H19N5.3ClH.V/c1-16-12-19(14-21-24-17-8-4-2-5-9-17)23-20(13-16)15-22-25-18-10-6-3-7-11-18;;;;/h2-15,24-25H,1H3;3*1H;/p-3. The van der Waals surface area contributed by atoms with Gasteiger partial charge in [0.05, 0.1) is 35.2 Å². The monoisotopic (exact) mass is 485 g/mol. The molecule has 2 aromatic carbocycles. The molecule has 0 atom stereocenters. The minimum absolute atomic E-state index is 0. The van der Waals surface area contributed by atoms with E-state index in [0.717, 1.165) is 28.3 Å². The minimum Gasteiger partial charge on any atom is -1.00 e. The molecule has 5 nitrogen and oxygen atoms in total. The summed E-state index contributed by atoms with van der Waals surface area (Å²) in [5.74, 6) is 0. The average molecular weight is 487 g/mol. The predicted octanol–water partition coefficient (Wildman–Crippen LogP) is -4.71. The van der Waals surface area contributed by atoms with Gasteiger partial charge in [-0.3, -0.25) is 10.9 Å². The molecule has 0 saturated carbocycles. The van der Waals surface area contributed by atoms with Crippen LogP contribution < -0.4 is 48.1 Å². The number of para-hydroxylation sites is 2. The van der Waals surface area contributed by atoms with Crippen LogP contribution in [0.3, 0.4) is 0 Å². The molecule has 153 valence electrons. The molecule has 29 heavy (non-hydrogen) atoms. The van der Waals surface area contributed by atoms with Gasteiger partial charge in [-0.05, 0) is 48.9 Å². The molecular weight excluding hydrogens is 468 g/mol. The summed E-state index contributed by atoms with van der Waals surface area (Å²) in [5.41, 5.74) is 10.5. The first-order valence-corrected chi connectivity index (χ1v) is 7.96. The summed E-state index contributed by atoms with van der Waals surface area (Å²) >= 11 is 0. The smallest absolute Gasteiger partial charge is 0.0840 e. The van der Waals surface area contributed by atoms with Gasteiger partial charge in [0.15, 0.2) is 0 Å². The van der Waals surface area contributed by atoms with Crippen LogP contribution in [0.25, 0.3) is 0 Å². The van der Waals surface area contributed by atoms with Gasteiger partial charge in [0, 0.05) is 18.6 Å². The zero-order valence-electron chi connectivity index (χ0n) is 15.5. The van der Waals surface area contributed by atoms with Crippen LogP contribution in [0.4, 0.5) is 11.4 Å². The number of halogens is 3. The van der Waals surface area contributed by atoms with Gasteiger partial charge in [0.25, 0.3) is 0 Å². The van der Waals surface area contributed by atoms with E-state index >= 15 is 0 Å². The molecule has 0 saturated heterocycles. The zero-order valence-corrected chi connectivity index (χ0v) is 19.2. The Bertz CT molecular complexity index is 808. The number of benzene rings is 2. The van der Waals surface area contributed by atoms with E-state index in [1.807, 2.05) is 79.7 Å². The van der Waals surface area contributed by atoms with Crippen LogP contribution in [-0.2, 0) is 18.6 Å². The fraction of sp³-hybridized carbons (Fsp3) is 0.0500. The third-order valence-corrected chi connectivity index (χ3v) is 3.34. The number of hydrogen-bond acceptors (Lipinski definition) is 5. The molecule has 9 heteroatoms. The van der Waals surface area contributed by atoms with E-state index in [9.17, 15) is 0 Å². The molecule has 0 spiro atoms. The van der Waals surface area contributed by atoms with Crippen molar-refractivity contribution < 1.29 is 55.8 Å². The Labute approximate surface area is 201 Å². The number of hydrogen-bond donors (Lipinski definition) is 2. The van der Waals surface area contributed by atoms with Gasteiger partial charge in [0.1, 0.15) is 0 Å². The summed E-state index contributed by atoms with van der Waals surface area (Å²) in [6.07, 6.45) is 3.39. The van der Waals surface area contributed by atoms with E-state index < -0.39 is 0 Å². The van der Waals surface area contributed by atoms with Crippen LogP contribution in [0.1, 0.15) is 17.0 Å². The van der Waals surface area contributed by atoms with E-state index in [1.54, 1.807) is 12.4 Å². The second kappa shape index (κ2) is 15.9. The quantitative estimate of drug-likeness (QED) is 0.272. The van der Waals surface area contributed by atoms with E-state index in [2.05, 4.69) is 26.0 Å². The van der Waals surface area contributed by atoms with E-state index in [4.69, 9.17) is 0 Å². The van der Waals surface area contributed by atoms with Gasteiger partial charge in [-0.15, -0.1) is 0 Å². The molecule has 1 aromatic heterocycles. The minimum atomic E-state index is 0. The maximum absolute atomic E-state index is 4.52. The second-order valence-corrected chi connectivity index (χ2v) is 5.47. The topological polar surface area (TPSA) is 61.7 Å². The summed E-state index contributed by atoms with van der Waals surface area (Å²) in [6, 6.07) is 23.5. The predicted molar refractivity (Wildman–Crippen MR) is 104 cm³/mol. The number of aryl methyl sites for hydroxylation is 1. The first-order chi connectivity index (χ1) is 12.3. The fourth-order valence-corrected chi connectivity index (χ4v) is 2.23. The van der Waals surface area contributed by atoms with Crippen molar-refractivity contribution in [1.82, 2.24) is 4.98 Å². The number of aromatic nitrogens is 1. The number of pyridine rings is 1. The largest absolute Gasteiger partial charge is 1.00 e. The molecule has 0 bridgehead atoms. The van der Waals surface area contributed by atoms with E-state index in [1.165, 1.54) is 0 Å². The van der Waals surface area contributed by atoms with Crippen molar-refractivity contribution in [2.45, 2.75) is 6.92 Å². The molecule has 1 heterocycles. The molecule has 0 unspecified atom stereocenters. The van der Waals surface area contributed by atoms with Crippen molar-refractivity contribution in [1.29, 1.82) is 0 Å². The van der Waals surface area contributed by atoms with Crippen LogP contribution in [0, 0.1) is 6.92 Å². The van der Waals surface area contributed by atoms with Crippen molar-refractivity contribution in [3.05, 3.63) is 89.7 Å². The summed E-state index contributed by atoms with van der Waals surface area (Å²) in [7, 11) is 0. The molecule has 1 radical (unpaired) electrons. The third kappa shape index (κ3) is 10.4. The molecule has 0 fully saturated rings. The molecule has 3 aromatic rings. The van der Waals surface area contributed by atoms with Crippen LogP contribution >= 0.6 is 0 Å². The normalized spacial score (nSPS) is 9.55. The molecule has 0 aliphatic rings. The Hall–Kier alpha value is -2.02. The van der Waals surface area contributed by atoms with Gasteiger partial charge in [0.2, 0.25) is 0 Å². The van der Waals surface area contributed by atoms with E-state index in [0.29, 0.717) is 0 Å². The molecule has 3 rings (SSSR count). The van der Waals surface area contributed by atoms with Gasteiger partial charge < -0.3 is 37.2 Å². The first-order valence-electron chi connectivity index (χ1n) is 7.96. The Balaban J connectivity index is 0. The molecular formula is C20H19Cl3N5V-3. The molecule has 0 amide bonds. The first kappa shape index (κ1) is 29.2. The summed E-state index contributed by atoms with van der Waals surface area (Å²) in [5, 5.41) is 8.45. The van der Waals surface area contributed by atoms with Crippen LogP contribution in [-0.4, -0.2) is 17.4 Å². The van der Waals surface area contributed by atoms with Crippen molar-refractivity contribution >= 4 is 23.8 Å². The Kier molecular flexibility index (Phi) is 16.0. The fourth-order valence-electron chi connectivity index (χ4n) is 2.23. The van der Waals surface area contributed by atoms with Gasteiger partial charge in [-0.2, -0.15) is 10.2 Å². The number of nitrogens with one attached hydrogen (secondary N) is 2. The molecule has 0 aliphatic carbocycles. The maximum Gasteiger partial charge on any atom is 0.0840 e. The summed E-state index contributed by atoms with van der Waals surface area (Å²) < 4.78 is 0. The number of nitrogens with zero attached hydrogens (tertiary/aromatic N) is 3. The SMILES string of the molecule is Cc1cc(C=NNc2ccccc2)nc(C=NNc2ccccc2)c1.[Cl-].[Cl-].[Cl-].[V]. The summed E-state index contributed by atoms with van der Waals surface area (Å²) in [6.45, 7) is 2.02. The molecule has 2 N–H and O–H groups in total. The van der Waals surface area contributed by atoms with Crippen LogP contribution in [0.5, 0.6) is 0 Å². The third-order valence-electron chi connectivity index (χ3n) is 3.34. The van der Waals surface area contributed by atoms with E-state index in [-0.39, 0.29) is 55.8 Å².